The van der Waals surface area contributed by atoms with Crippen LogP contribution >= 0.6 is 11.3 Å². The van der Waals surface area contributed by atoms with Gasteiger partial charge in [0.2, 0.25) is 0 Å². The summed E-state index contributed by atoms with van der Waals surface area (Å²) >= 11 is 1.46. The van der Waals surface area contributed by atoms with Crippen LogP contribution < -0.4 is 16.8 Å². The first-order valence-electron chi connectivity index (χ1n) is 6.71. The van der Waals surface area contributed by atoms with Gasteiger partial charge in [0.05, 0.1) is 10.6 Å². The molecule has 5 N–H and O–H groups in total. The third kappa shape index (κ3) is 2.80. The number of carbonyl (C=O) groups is 2. The van der Waals surface area contributed by atoms with Gasteiger partial charge in [-0.25, -0.2) is 4.79 Å². The summed E-state index contributed by atoms with van der Waals surface area (Å²) in [5.74, 6) is 0.0989. The van der Waals surface area contributed by atoms with Crippen molar-refractivity contribution in [3.05, 3.63) is 16.0 Å². The van der Waals surface area contributed by atoms with Crippen molar-refractivity contribution in [2.75, 3.05) is 5.73 Å². The zero-order chi connectivity index (χ0) is 15.1. The van der Waals surface area contributed by atoms with Gasteiger partial charge in [0.25, 0.3) is 5.91 Å². The van der Waals surface area contributed by atoms with Gasteiger partial charge in [0.1, 0.15) is 0 Å². The van der Waals surface area contributed by atoms with Gasteiger partial charge in [0, 0.05) is 4.88 Å². The fraction of sp³-hybridized carbons (Fsp3) is 0.571. The number of nitrogens with two attached hydrogens (primary N) is 2. The Kier molecular flexibility index (Phi) is 3.77. The Morgan fingerprint density at radius 3 is 2.55 bits per heavy atom. The van der Waals surface area contributed by atoms with E-state index in [1.807, 2.05) is 0 Å². The minimum Gasteiger partial charge on any atom is -0.390 e. The van der Waals surface area contributed by atoms with E-state index in [-0.39, 0.29) is 5.41 Å². The summed E-state index contributed by atoms with van der Waals surface area (Å²) in [6.07, 6.45) is 2.80. The molecule has 0 aromatic carbocycles. The van der Waals surface area contributed by atoms with Crippen LogP contribution in [-0.2, 0) is 12.8 Å². The molecule has 0 saturated carbocycles. The normalized spacial score (nSPS) is 18.4. The highest BCUT2D eigenvalue weighted by Gasteiger charge is 2.33. The Labute approximate surface area is 122 Å². The molecule has 6 heteroatoms. The SMILES string of the molecule is CC(C)(C)[C@H]1CCc2c(sc(N)c2C(=O)NC(N)=O)C1. The van der Waals surface area contributed by atoms with Gasteiger partial charge >= 0.3 is 6.03 Å². The van der Waals surface area contributed by atoms with Crippen LogP contribution in [0.25, 0.3) is 0 Å². The van der Waals surface area contributed by atoms with Gasteiger partial charge in [-0.15, -0.1) is 11.3 Å². The lowest BCUT2D eigenvalue weighted by atomic mass is 9.72. The molecule has 3 amide bonds. The fourth-order valence-electron chi connectivity index (χ4n) is 2.77. The van der Waals surface area contributed by atoms with Gasteiger partial charge < -0.3 is 11.5 Å². The molecular weight excluding hydrogens is 274 g/mol. The molecule has 20 heavy (non-hydrogen) atoms. The summed E-state index contributed by atoms with van der Waals surface area (Å²) in [5.41, 5.74) is 12.6. The second-order valence-corrected chi connectivity index (χ2v) is 7.50. The molecule has 5 nitrogen and oxygen atoms in total. The smallest absolute Gasteiger partial charge is 0.319 e. The van der Waals surface area contributed by atoms with Crippen molar-refractivity contribution in [3.63, 3.8) is 0 Å². The average molecular weight is 295 g/mol. The number of carbonyl (C=O) groups excluding carboxylic acids is 2. The van der Waals surface area contributed by atoms with Crippen molar-refractivity contribution in [2.45, 2.75) is 40.0 Å². The molecule has 0 unspecified atom stereocenters. The van der Waals surface area contributed by atoms with Crippen molar-refractivity contribution in [2.24, 2.45) is 17.1 Å². The van der Waals surface area contributed by atoms with Gasteiger partial charge in [0.15, 0.2) is 0 Å². The molecule has 0 saturated heterocycles. The maximum atomic E-state index is 12.0. The molecule has 1 aromatic heterocycles. The van der Waals surface area contributed by atoms with Crippen LogP contribution in [0, 0.1) is 11.3 Å². The molecule has 0 aliphatic heterocycles. The Morgan fingerprint density at radius 2 is 2.00 bits per heavy atom. The van der Waals surface area contributed by atoms with E-state index in [9.17, 15) is 9.59 Å². The molecule has 1 atom stereocenters. The molecule has 0 radical (unpaired) electrons. The van der Waals surface area contributed by atoms with Crippen LogP contribution in [0.4, 0.5) is 9.80 Å². The van der Waals surface area contributed by atoms with Gasteiger partial charge in [-0.05, 0) is 36.2 Å². The average Bonchev–Trinajstić information content (AvgIpc) is 2.61. The molecule has 0 bridgehead atoms. The topological polar surface area (TPSA) is 98.2 Å². The van der Waals surface area contributed by atoms with Crippen LogP contribution in [0.5, 0.6) is 0 Å². The number of thiophene rings is 1. The maximum absolute atomic E-state index is 12.0. The number of hydrogen-bond acceptors (Lipinski definition) is 4. The van der Waals surface area contributed by atoms with E-state index < -0.39 is 11.9 Å². The van der Waals surface area contributed by atoms with E-state index >= 15 is 0 Å². The lowest BCUT2D eigenvalue weighted by Crippen LogP contribution is -2.36. The second-order valence-electron chi connectivity index (χ2n) is 6.37. The number of imide groups is 1. The lowest BCUT2D eigenvalue weighted by Gasteiger charge is -2.33. The van der Waals surface area contributed by atoms with Crippen LogP contribution in [-0.4, -0.2) is 11.9 Å². The summed E-state index contributed by atoms with van der Waals surface area (Å²) in [6, 6.07) is -0.849. The van der Waals surface area contributed by atoms with Crippen molar-refractivity contribution in [3.8, 4) is 0 Å². The molecule has 2 rings (SSSR count). The van der Waals surface area contributed by atoms with Gasteiger partial charge in [-0.3, -0.25) is 10.1 Å². The first kappa shape index (κ1) is 14.8. The molecular formula is C14H21N3O2S. The maximum Gasteiger partial charge on any atom is 0.319 e. The molecule has 0 fully saturated rings. The number of urea groups is 1. The monoisotopic (exact) mass is 295 g/mol. The van der Waals surface area contributed by atoms with E-state index in [4.69, 9.17) is 11.5 Å². The quantitative estimate of drug-likeness (QED) is 0.741. The Bertz CT molecular complexity index is 558. The molecule has 1 aromatic rings. The van der Waals surface area contributed by atoms with Crippen LogP contribution in [0.3, 0.4) is 0 Å². The number of amides is 3. The summed E-state index contributed by atoms with van der Waals surface area (Å²) < 4.78 is 0. The first-order valence-corrected chi connectivity index (χ1v) is 7.52. The van der Waals surface area contributed by atoms with Crippen molar-refractivity contribution >= 4 is 28.3 Å². The number of anilines is 1. The van der Waals surface area contributed by atoms with E-state index in [0.29, 0.717) is 16.5 Å². The molecule has 110 valence electrons. The summed E-state index contributed by atoms with van der Waals surface area (Å²) in [4.78, 5) is 24.0. The van der Waals surface area contributed by atoms with Gasteiger partial charge in [-0.2, -0.15) is 0 Å². The highest BCUT2D eigenvalue weighted by Crippen LogP contribution is 2.43. The van der Waals surface area contributed by atoms with Crippen molar-refractivity contribution < 1.29 is 9.59 Å². The number of nitrogens with one attached hydrogen (secondary N) is 1. The third-order valence-electron chi connectivity index (χ3n) is 3.98. The Hall–Kier alpha value is -1.56. The van der Waals surface area contributed by atoms with Crippen LogP contribution in [0.15, 0.2) is 0 Å². The molecule has 1 aliphatic carbocycles. The van der Waals surface area contributed by atoms with E-state index in [1.54, 1.807) is 0 Å². The summed E-state index contributed by atoms with van der Waals surface area (Å²) in [6.45, 7) is 6.71. The first-order chi connectivity index (χ1) is 9.20. The van der Waals surface area contributed by atoms with Crippen molar-refractivity contribution in [1.29, 1.82) is 0 Å². The standard InChI is InChI=1S/C14H21N3O2S/c1-14(2,3)7-4-5-8-9(6-7)20-11(15)10(8)12(18)17-13(16)19/h7H,4-6,15H2,1-3H3,(H3,16,17,18,19)/t7-/m0/s1. The Balaban J connectivity index is 2.30. The number of fused-ring (bicyclic) bond motifs is 1. The molecule has 1 heterocycles. The zero-order valence-corrected chi connectivity index (χ0v) is 12.9. The lowest BCUT2D eigenvalue weighted by molar-refractivity contribution is 0.0966. The predicted octanol–water partition coefficient (Wildman–Crippen LogP) is 2.29. The number of rotatable bonds is 1. The largest absolute Gasteiger partial charge is 0.390 e. The highest BCUT2D eigenvalue weighted by molar-refractivity contribution is 7.16. The second kappa shape index (κ2) is 5.09. The summed E-state index contributed by atoms with van der Waals surface area (Å²) in [7, 11) is 0. The van der Waals surface area contributed by atoms with Crippen LogP contribution in [0.1, 0.15) is 48.0 Å². The fourth-order valence-corrected chi connectivity index (χ4v) is 3.96. The number of primary amides is 1. The summed E-state index contributed by atoms with van der Waals surface area (Å²) in [5, 5.41) is 2.58. The van der Waals surface area contributed by atoms with E-state index in [2.05, 4.69) is 26.1 Å². The Morgan fingerprint density at radius 1 is 1.35 bits per heavy atom. The minimum absolute atomic E-state index is 0.242. The minimum atomic E-state index is -0.849. The highest BCUT2D eigenvalue weighted by atomic mass is 32.1. The van der Waals surface area contributed by atoms with E-state index in [1.165, 1.54) is 16.2 Å². The third-order valence-corrected chi connectivity index (χ3v) is 5.06. The van der Waals surface area contributed by atoms with E-state index in [0.717, 1.165) is 24.8 Å². The predicted molar refractivity (Wildman–Crippen MR) is 80.8 cm³/mol. The number of hydrogen-bond donors (Lipinski definition) is 3. The van der Waals surface area contributed by atoms with Crippen molar-refractivity contribution in [1.82, 2.24) is 5.32 Å². The van der Waals surface area contributed by atoms with Crippen LogP contribution in [0.2, 0.25) is 0 Å². The molecule has 0 spiro atoms. The van der Waals surface area contributed by atoms with Gasteiger partial charge in [-0.1, -0.05) is 20.8 Å². The molecule has 1 aliphatic rings. The number of nitrogen functional groups attached to an aromatic ring is 1. The zero-order valence-electron chi connectivity index (χ0n) is 12.1.